The van der Waals surface area contributed by atoms with Crippen molar-refractivity contribution >= 4 is 0 Å². The quantitative estimate of drug-likeness (QED) is 0.731. The number of aromatic nitrogens is 3. The normalized spacial score (nSPS) is 11.6. The average molecular weight is 305 g/mol. The van der Waals surface area contributed by atoms with Gasteiger partial charge in [0, 0.05) is 5.56 Å². The molecule has 2 aromatic carbocycles. The van der Waals surface area contributed by atoms with E-state index in [0.29, 0.717) is 16.7 Å². The molecule has 0 saturated heterocycles. The van der Waals surface area contributed by atoms with E-state index in [4.69, 9.17) is 0 Å². The van der Waals surface area contributed by atoms with Crippen LogP contribution in [0.4, 0.5) is 13.2 Å². The first-order chi connectivity index (χ1) is 10.4. The van der Waals surface area contributed by atoms with Gasteiger partial charge in [0.15, 0.2) is 12.2 Å². The lowest BCUT2D eigenvalue weighted by molar-refractivity contribution is -0.137. The van der Waals surface area contributed by atoms with Crippen LogP contribution in [0.1, 0.15) is 5.56 Å². The Hall–Kier alpha value is -2.83. The molecule has 22 heavy (non-hydrogen) atoms. The Labute approximate surface area is 123 Å². The maximum absolute atomic E-state index is 12.8. The van der Waals surface area contributed by atoms with Crippen molar-refractivity contribution in [1.82, 2.24) is 14.9 Å². The standard InChI is InChI=1S/C15H10F3N3O/c16-15(17,18)13-6-2-4-11(8-13)10-3-1-5-12(7-10)14-20-19-9-21(14)22/h1-9,22H. The first kappa shape index (κ1) is 14.1. The number of alkyl halides is 3. The molecule has 0 aliphatic heterocycles. The molecule has 3 rings (SSSR count). The summed E-state index contributed by atoms with van der Waals surface area (Å²) in [6, 6.07) is 11.8. The van der Waals surface area contributed by atoms with E-state index in [-0.39, 0.29) is 5.82 Å². The summed E-state index contributed by atoms with van der Waals surface area (Å²) in [5.74, 6) is 0.217. The Morgan fingerprint density at radius 1 is 0.909 bits per heavy atom. The van der Waals surface area contributed by atoms with Crippen LogP contribution in [-0.4, -0.2) is 20.1 Å². The predicted octanol–water partition coefficient (Wildman–Crippen LogP) is 3.87. The molecule has 1 heterocycles. The lowest BCUT2D eigenvalue weighted by Crippen LogP contribution is -2.04. The van der Waals surface area contributed by atoms with E-state index in [2.05, 4.69) is 10.2 Å². The molecule has 0 unspecified atom stereocenters. The van der Waals surface area contributed by atoms with E-state index in [0.717, 1.165) is 23.2 Å². The molecular formula is C15H10F3N3O. The van der Waals surface area contributed by atoms with Crippen LogP contribution in [0.3, 0.4) is 0 Å². The van der Waals surface area contributed by atoms with Gasteiger partial charge in [0.05, 0.1) is 5.56 Å². The number of nitrogens with zero attached hydrogens (tertiary/aromatic N) is 3. The molecule has 0 saturated carbocycles. The van der Waals surface area contributed by atoms with Gasteiger partial charge in [-0.25, -0.2) is 0 Å². The van der Waals surface area contributed by atoms with Crippen molar-refractivity contribution in [2.75, 3.05) is 0 Å². The first-order valence-corrected chi connectivity index (χ1v) is 6.32. The van der Waals surface area contributed by atoms with E-state index in [1.165, 1.54) is 6.07 Å². The summed E-state index contributed by atoms with van der Waals surface area (Å²) in [5, 5.41) is 16.9. The molecule has 0 aliphatic carbocycles. The van der Waals surface area contributed by atoms with Crippen LogP contribution in [0.2, 0.25) is 0 Å². The first-order valence-electron chi connectivity index (χ1n) is 6.32. The molecule has 0 atom stereocenters. The second kappa shape index (κ2) is 5.18. The Morgan fingerprint density at radius 3 is 2.18 bits per heavy atom. The highest BCUT2D eigenvalue weighted by atomic mass is 19.4. The fourth-order valence-electron chi connectivity index (χ4n) is 2.13. The Balaban J connectivity index is 2.05. The SMILES string of the molecule is On1cnnc1-c1cccc(-c2cccc(C(F)(F)F)c2)c1. The Kier molecular flexibility index (Phi) is 3.32. The average Bonchev–Trinajstić information content (AvgIpc) is 2.93. The van der Waals surface area contributed by atoms with Crippen molar-refractivity contribution < 1.29 is 18.4 Å². The van der Waals surface area contributed by atoms with Gasteiger partial charge in [-0.05, 0) is 29.3 Å². The Morgan fingerprint density at radius 2 is 1.55 bits per heavy atom. The zero-order valence-electron chi connectivity index (χ0n) is 11.1. The number of hydrogen-bond donors (Lipinski definition) is 1. The molecule has 0 aliphatic rings. The molecular weight excluding hydrogens is 295 g/mol. The fourth-order valence-corrected chi connectivity index (χ4v) is 2.13. The van der Waals surface area contributed by atoms with E-state index in [1.54, 1.807) is 30.3 Å². The summed E-state index contributed by atoms with van der Waals surface area (Å²) in [6.45, 7) is 0. The summed E-state index contributed by atoms with van der Waals surface area (Å²) in [4.78, 5) is 0. The topological polar surface area (TPSA) is 50.9 Å². The predicted molar refractivity (Wildman–Crippen MR) is 73.1 cm³/mol. The lowest BCUT2D eigenvalue weighted by atomic mass is 10.0. The largest absolute Gasteiger partial charge is 0.425 e. The van der Waals surface area contributed by atoms with Crippen LogP contribution in [0.15, 0.2) is 54.9 Å². The molecule has 0 bridgehead atoms. The summed E-state index contributed by atoms with van der Waals surface area (Å²) in [6.07, 6.45) is -3.26. The molecule has 0 amide bonds. The number of hydrogen-bond acceptors (Lipinski definition) is 3. The summed E-state index contributed by atoms with van der Waals surface area (Å²) < 4.78 is 39.1. The number of benzene rings is 2. The Bertz CT molecular complexity index is 812. The highest BCUT2D eigenvalue weighted by molar-refractivity contribution is 5.70. The van der Waals surface area contributed by atoms with Gasteiger partial charge in [0.1, 0.15) is 0 Å². The monoisotopic (exact) mass is 305 g/mol. The lowest BCUT2D eigenvalue weighted by Gasteiger charge is -2.09. The van der Waals surface area contributed by atoms with E-state index in [9.17, 15) is 18.4 Å². The third kappa shape index (κ3) is 2.65. The van der Waals surface area contributed by atoms with Crippen molar-refractivity contribution in [3.8, 4) is 22.5 Å². The van der Waals surface area contributed by atoms with Crippen LogP contribution in [0.25, 0.3) is 22.5 Å². The highest BCUT2D eigenvalue weighted by Crippen LogP contribution is 2.33. The third-order valence-corrected chi connectivity index (χ3v) is 3.17. The van der Waals surface area contributed by atoms with Crippen molar-refractivity contribution in [3.05, 3.63) is 60.4 Å². The number of halogens is 3. The van der Waals surface area contributed by atoms with Gasteiger partial charge < -0.3 is 5.21 Å². The van der Waals surface area contributed by atoms with Crippen LogP contribution in [-0.2, 0) is 6.18 Å². The molecule has 1 aromatic heterocycles. The zero-order valence-corrected chi connectivity index (χ0v) is 11.1. The van der Waals surface area contributed by atoms with Gasteiger partial charge in [0.25, 0.3) is 0 Å². The van der Waals surface area contributed by atoms with Crippen molar-refractivity contribution in [2.45, 2.75) is 6.18 Å². The van der Waals surface area contributed by atoms with E-state index < -0.39 is 11.7 Å². The van der Waals surface area contributed by atoms with Crippen molar-refractivity contribution in [3.63, 3.8) is 0 Å². The van der Waals surface area contributed by atoms with Gasteiger partial charge in [0.2, 0.25) is 0 Å². The second-order valence-electron chi connectivity index (χ2n) is 4.66. The van der Waals surface area contributed by atoms with Crippen LogP contribution < -0.4 is 0 Å². The summed E-state index contributed by atoms with van der Waals surface area (Å²) in [5.41, 5.74) is 0.864. The van der Waals surface area contributed by atoms with Crippen molar-refractivity contribution in [2.24, 2.45) is 0 Å². The maximum Gasteiger partial charge on any atom is 0.416 e. The maximum atomic E-state index is 12.8. The minimum atomic E-state index is -4.39. The van der Waals surface area contributed by atoms with Crippen molar-refractivity contribution in [1.29, 1.82) is 0 Å². The molecule has 7 heteroatoms. The second-order valence-corrected chi connectivity index (χ2v) is 4.66. The van der Waals surface area contributed by atoms with Gasteiger partial charge in [-0.2, -0.15) is 17.9 Å². The smallest absolute Gasteiger partial charge is 0.416 e. The molecule has 3 aromatic rings. The molecule has 0 radical (unpaired) electrons. The highest BCUT2D eigenvalue weighted by Gasteiger charge is 2.30. The summed E-state index contributed by atoms with van der Waals surface area (Å²) in [7, 11) is 0. The van der Waals surface area contributed by atoms with Gasteiger partial charge in [-0.3, -0.25) is 0 Å². The molecule has 4 nitrogen and oxygen atoms in total. The summed E-state index contributed by atoms with van der Waals surface area (Å²) >= 11 is 0. The number of rotatable bonds is 2. The van der Waals surface area contributed by atoms with Gasteiger partial charge in [-0.15, -0.1) is 10.2 Å². The molecule has 112 valence electrons. The molecule has 0 fully saturated rings. The minimum Gasteiger partial charge on any atom is -0.425 e. The van der Waals surface area contributed by atoms with E-state index in [1.807, 2.05) is 0 Å². The fraction of sp³-hybridized carbons (Fsp3) is 0.0667. The van der Waals surface area contributed by atoms with Gasteiger partial charge in [-0.1, -0.05) is 30.3 Å². The zero-order chi connectivity index (χ0) is 15.7. The third-order valence-electron chi connectivity index (χ3n) is 3.17. The minimum absolute atomic E-state index is 0.217. The van der Waals surface area contributed by atoms with Crippen LogP contribution >= 0.6 is 0 Å². The molecule has 1 N–H and O–H groups in total. The van der Waals surface area contributed by atoms with E-state index >= 15 is 0 Å². The van der Waals surface area contributed by atoms with Crippen LogP contribution in [0.5, 0.6) is 0 Å². The van der Waals surface area contributed by atoms with Crippen LogP contribution in [0, 0.1) is 0 Å². The molecule has 0 spiro atoms. The van der Waals surface area contributed by atoms with Gasteiger partial charge >= 0.3 is 6.18 Å².